The van der Waals surface area contributed by atoms with Crippen LogP contribution in [0.15, 0.2) is 24.3 Å². The van der Waals surface area contributed by atoms with Crippen LogP contribution in [0.2, 0.25) is 0 Å². The van der Waals surface area contributed by atoms with E-state index in [2.05, 4.69) is 16.0 Å². The van der Waals surface area contributed by atoms with E-state index < -0.39 is 6.10 Å². The molecule has 23 heavy (non-hydrogen) atoms. The van der Waals surface area contributed by atoms with Gasteiger partial charge < -0.3 is 25.8 Å². The van der Waals surface area contributed by atoms with Gasteiger partial charge in [-0.05, 0) is 26.0 Å². The average molecular weight is 320 g/mol. The number of carbonyl (C=O) groups excluding carboxylic acids is 1. The van der Waals surface area contributed by atoms with E-state index in [0.29, 0.717) is 30.9 Å². The van der Waals surface area contributed by atoms with Crippen molar-refractivity contribution in [3.05, 3.63) is 29.8 Å². The van der Waals surface area contributed by atoms with Crippen molar-refractivity contribution in [1.29, 1.82) is 5.26 Å². The molecule has 1 aromatic rings. The van der Waals surface area contributed by atoms with Gasteiger partial charge in [0.15, 0.2) is 0 Å². The molecule has 0 aromatic heterocycles. The maximum Gasteiger partial charge on any atom is 0.315 e. The van der Waals surface area contributed by atoms with E-state index in [0.717, 1.165) is 0 Å². The van der Waals surface area contributed by atoms with E-state index in [1.165, 1.54) is 0 Å². The number of hydrogen-bond acceptors (Lipinski definition) is 5. The van der Waals surface area contributed by atoms with Crippen molar-refractivity contribution in [3.8, 4) is 11.8 Å². The number of benzene rings is 1. The number of para-hydroxylation sites is 1. The third kappa shape index (κ3) is 8.04. The van der Waals surface area contributed by atoms with Gasteiger partial charge in [0.1, 0.15) is 24.5 Å². The number of aliphatic hydroxyl groups excluding tert-OH is 1. The summed E-state index contributed by atoms with van der Waals surface area (Å²) in [6.45, 7) is 5.20. The lowest BCUT2D eigenvalue weighted by molar-refractivity contribution is 0.106. The Kier molecular flexibility index (Phi) is 8.50. The zero-order valence-corrected chi connectivity index (χ0v) is 13.5. The topological polar surface area (TPSA) is 106 Å². The minimum absolute atomic E-state index is 0.0902. The summed E-state index contributed by atoms with van der Waals surface area (Å²) in [4.78, 5) is 11.3. The number of rotatable bonds is 9. The van der Waals surface area contributed by atoms with Crippen LogP contribution in [0.1, 0.15) is 19.4 Å². The van der Waals surface area contributed by atoms with Gasteiger partial charge in [0, 0.05) is 25.7 Å². The van der Waals surface area contributed by atoms with Gasteiger partial charge in [-0.15, -0.1) is 0 Å². The molecule has 0 fully saturated rings. The molecule has 1 atom stereocenters. The maximum atomic E-state index is 11.3. The second-order valence-corrected chi connectivity index (χ2v) is 5.33. The van der Waals surface area contributed by atoms with Crippen molar-refractivity contribution in [2.24, 2.45) is 0 Å². The largest absolute Gasteiger partial charge is 0.489 e. The van der Waals surface area contributed by atoms with E-state index >= 15 is 0 Å². The Morgan fingerprint density at radius 2 is 2.09 bits per heavy atom. The van der Waals surface area contributed by atoms with E-state index in [1.54, 1.807) is 24.3 Å². The molecule has 0 aliphatic carbocycles. The third-order valence-electron chi connectivity index (χ3n) is 2.83. The first-order valence-electron chi connectivity index (χ1n) is 7.58. The molecule has 0 heterocycles. The van der Waals surface area contributed by atoms with Crippen LogP contribution >= 0.6 is 0 Å². The summed E-state index contributed by atoms with van der Waals surface area (Å²) in [6.07, 6.45) is -0.703. The minimum Gasteiger partial charge on any atom is -0.489 e. The van der Waals surface area contributed by atoms with Gasteiger partial charge in [-0.25, -0.2) is 4.79 Å². The van der Waals surface area contributed by atoms with Crippen molar-refractivity contribution >= 4 is 6.03 Å². The summed E-state index contributed by atoms with van der Waals surface area (Å²) in [7, 11) is 0. The summed E-state index contributed by atoms with van der Waals surface area (Å²) in [5.74, 6) is 0.459. The number of nitrogens with one attached hydrogen (secondary N) is 3. The SMILES string of the molecule is CC(C)NC(=O)NCCNC[C@@H](O)COc1ccccc1C#N. The molecule has 1 rings (SSSR count). The van der Waals surface area contributed by atoms with E-state index in [4.69, 9.17) is 10.00 Å². The van der Waals surface area contributed by atoms with Crippen molar-refractivity contribution in [2.75, 3.05) is 26.2 Å². The van der Waals surface area contributed by atoms with E-state index in [9.17, 15) is 9.90 Å². The van der Waals surface area contributed by atoms with Crippen LogP contribution < -0.4 is 20.7 Å². The van der Waals surface area contributed by atoms with Crippen LogP contribution in [-0.4, -0.2) is 49.5 Å². The van der Waals surface area contributed by atoms with Gasteiger partial charge >= 0.3 is 6.03 Å². The molecule has 126 valence electrons. The van der Waals surface area contributed by atoms with Crippen molar-refractivity contribution < 1.29 is 14.6 Å². The van der Waals surface area contributed by atoms with Crippen molar-refractivity contribution in [3.63, 3.8) is 0 Å². The van der Waals surface area contributed by atoms with E-state index in [-0.39, 0.29) is 18.7 Å². The Labute approximate surface area is 136 Å². The highest BCUT2D eigenvalue weighted by Crippen LogP contribution is 2.16. The summed E-state index contributed by atoms with van der Waals surface area (Å²) in [5, 5.41) is 27.2. The predicted octanol–water partition coefficient (Wildman–Crippen LogP) is 0.595. The molecule has 0 aliphatic rings. The van der Waals surface area contributed by atoms with Crippen molar-refractivity contribution in [2.45, 2.75) is 26.0 Å². The van der Waals surface area contributed by atoms with Crippen LogP contribution in [0.3, 0.4) is 0 Å². The normalized spacial score (nSPS) is 11.6. The van der Waals surface area contributed by atoms with Crippen LogP contribution in [0.5, 0.6) is 5.75 Å². The monoisotopic (exact) mass is 320 g/mol. The summed E-state index contributed by atoms with van der Waals surface area (Å²) in [6, 6.07) is 8.80. The Hall–Kier alpha value is -2.30. The summed E-state index contributed by atoms with van der Waals surface area (Å²) >= 11 is 0. The Morgan fingerprint density at radius 1 is 1.35 bits per heavy atom. The van der Waals surface area contributed by atoms with Gasteiger partial charge in [-0.2, -0.15) is 5.26 Å². The molecular formula is C16H24N4O3. The smallest absolute Gasteiger partial charge is 0.315 e. The van der Waals surface area contributed by atoms with Crippen LogP contribution in [0, 0.1) is 11.3 Å². The van der Waals surface area contributed by atoms with Crippen LogP contribution in [0.4, 0.5) is 4.79 Å². The van der Waals surface area contributed by atoms with Gasteiger partial charge in [-0.3, -0.25) is 0 Å². The molecule has 0 bridgehead atoms. The Morgan fingerprint density at radius 3 is 2.78 bits per heavy atom. The second kappa shape index (κ2) is 10.4. The van der Waals surface area contributed by atoms with Gasteiger partial charge in [0.05, 0.1) is 5.56 Å². The molecule has 4 N–H and O–H groups in total. The lowest BCUT2D eigenvalue weighted by Crippen LogP contribution is -2.43. The highest BCUT2D eigenvalue weighted by Gasteiger charge is 2.07. The third-order valence-corrected chi connectivity index (χ3v) is 2.83. The number of aliphatic hydroxyl groups is 1. The van der Waals surface area contributed by atoms with Gasteiger partial charge in [0.25, 0.3) is 0 Å². The first-order valence-corrected chi connectivity index (χ1v) is 7.58. The molecule has 0 radical (unpaired) electrons. The Bertz CT molecular complexity index is 528. The molecule has 0 saturated carbocycles. The van der Waals surface area contributed by atoms with E-state index in [1.807, 2.05) is 19.9 Å². The molecule has 0 aliphatic heterocycles. The quantitative estimate of drug-likeness (QED) is 0.498. The number of urea groups is 1. The summed E-state index contributed by atoms with van der Waals surface area (Å²) in [5.41, 5.74) is 0.438. The first kappa shape index (κ1) is 18.7. The van der Waals surface area contributed by atoms with Gasteiger partial charge in [-0.1, -0.05) is 12.1 Å². The summed E-state index contributed by atoms with van der Waals surface area (Å²) < 4.78 is 5.44. The lowest BCUT2D eigenvalue weighted by atomic mass is 10.2. The highest BCUT2D eigenvalue weighted by atomic mass is 16.5. The molecule has 1 aromatic carbocycles. The fourth-order valence-electron chi connectivity index (χ4n) is 1.78. The highest BCUT2D eigenvalue weighted by molar-refractivity contribution is 5.74. The number of nitrogens with zero attached hydrogens (tertiary/aromatic N) is 1. The second-order valence-electron chi connectivity index (χ2n) is 5.33. The average Bonchev–Trinajstić information content (AvgIpc) is 2.52. The van der Waals surface area contributed by atoms with Crippen LogP contribution in [-0.2, 0) is 0 Å². The first-order chi connectivity index (χ1) is 11.0. The fraction of sp³-hybridized carbons (Fsp3) is 0.500. The molecule has 2 amide bonds. The molecule has 7 nitrogen and oxygen atoms in total. The minimum atomic E-state index is -0.703. The molecule has 7 heteroatoms. The Balaban J connectivity index is 2.14. The maximum absolute atomic E-state index is 11.3. The number of amides is 2. The molecule has 0 unspecified atom stereocenters. The molecular weight excluding hydrogens is 296 g/mol. The zero-order valence-electron chi connectivity index (χ0n) is 13.5. The standard InChI is InChI=1S/C16H24N4O3/c1-12(2)20-16(22)19-8-7-18-10-14(21)11-23-15-6-4-3-5-13(15)9-17/h3-6,12,14,18,21H,7-8,10-11H2,1-2H3,(H2,19,20,22)/t14-/m1/s1. The number of nitriles is 1. The number of carbonyl (C=O) groups is 1. The number of ether oxygens (including phenoxy) is 1. The number of hydrogen-bond donors (Lipinski definition) is 4. The van der Waals surface area contributed by atoms with Crippen molar-refractivity contribution in [1.82, 2.24) is 16.0 Å². The lowest BCUT2D eigenvalue weighted by Gasteiger charge is -2.14. The van der Waals surface area contributed by atoms with Gasteiger partial charge in [0.2, 0.25) is 0 Å². The molecule has 0 spiro atoms. The van der Waals surface area contributed by atoms with Crippen LogP contribution in [0.25, 0.3) is 0 Å². The predicted molar refractivity (Wildman–Crippen MR) is 87.2 cm³/mol. The molecule has 0 saturated heterocycles. The zero-order chi connectivity index (χ0) is 17.1. The fourth-order valence-corrected chi connectivity index (χ4v) is 1.78.